The molecule has 0 saturated heterocycles. The summed E-state index contributed by atoms with van der Waals surface area (Å²) in [6, 6.07) is 28.3. The lowest BCUT2D eigenvalue weighted by molar-refractivity contribution is -0.00513. The minimum absolute atomic E-state index is 0.0950. The first kappa shape index (κ1) is 27.0. The number of nitrogens with zero attached hydrogens (tertiary/aromatic N) is 2. The largest absolute Gasteiger partial charge is 0.300 e. The van der Waals surface area contributed by atoms with Crippen molar-refractivity contribution in [2.24, 2.45) is 35.5 Å². The fourth-order valence-electron chi connectivity index (χ4n) is 12.1. The minimum Gasteiger partial charge on any atom is -0.300 e. The van der Waals surface area contributed by atoms with Gasteiger partial charge in [0.2, 0.25) is 0 Å². The van der Waals surface area contributed by atoms with Gasteiger partial charge < -0.3 is 9.80 Å². The molecule has 2 amide bonds. The van der Waals surface area contributed by atoms with Crippen molar-refractivity contribution < 1.29 is 9.59 Å². The van der Waals surface area contributed by atoms with Crippen LogP contribution in [0.2, 0.25) is 0 Å². The molecule has 0 aromatic heterocycles. The van der Waals surface area contributed by atoms with Gasteiger partial charge in [0.25, 0.3) is 11.8 Å². The highest BCUT2D eigenvalue weighted by Gasteiger charge is 2.58. The molecule has 0 spiro atoms. The number of hydrogen-bond donors (Lipinski definition) is 0. The van der Waals surface area contributed by atoms with Gasteiger partial charge in [-0.25, -0.2) is 0 Å². The molecular weight excluding hydrogens is 540 g/mol. The van der Waals surface area contributed by atoms with Crippen LogP contribution in [0.5, 0.6) is 0 Å². The van der Waals surface area contributed by atoms with E-state index >= 15 is 0 Å². The monoisotopic (exact) mass is 584 g/mol. The normalized spacial score (nSPS) is 35.9. The van der Waals surface area contributed by atoms with E-state index in [0.717, 1.165) is 61.0 Å². The number of anilines is 2. The van der Waals surface area contributed by atoms with Crippen molar-refractivity contribution in [1.29, 1.82) is 0 Å². The maximum atomic E-state index is 14.9. The van der Waals surface area contributed by atoms with E-state index in [4.69, 9.17) is 0 Å². The summed E-state index contributed by atoms with van der Waals surface area (Å²) in [5, 5.41) is 0. The first-order chi connectivity index (χ1) is 21.5. The highest BCUT2D eigenvalue weighted by molar-refractivity contribution is 6.13. The lowest BCUT2D eigenvalue weighted by Crippen LogP contribution is -2.64. The van der Waals surface area contributed by atoms with Crippen LogP contribution < -0.4 is 9.80 Å². The molecule has 44 heavy (non-hydrogen) atoms. The first-order valence-electron chi connectivity index (χ1n) is 17.4. The Morgan fingerprint density at radius 1 is 0.432 bits per heavy atom. The summed E-state index contributed by atoms with van der Waals surface area (Å²) >= 11 is 0. The second-order valence-electron chi connectivity index (χ2n) is 15.8. The van der Waals surface area contributed by atoms with E-state index in [9.17, 15) is 9.59 Å². The van der Waals surface area contributed by atoms with Crippen LogP contribution in [0.25, 0.3) is 0 Å². The molecule has 3 aromatic carbocycles. The second-order valence-corrected chi connectivity index (χ2v) is 15.8. The second kappa shape index (κ2) is 10.1. The number of rotatable bonds is 6. The zero-order valence-corrected chi connectivity index (χ0v) is 25.7. The zero-order chi connectivity index (χ0) is 29.5. The number of amides is 2. The predicted molar refractivity (Wildman–Crippen MR) is 175 cm³/mol. The smallest absolute Gasteiger partial charge is 0.258 e. The molecule has 0 atom stereocenters. The number of benzene rings is 3. The van der Waals surface area contributed by atoms with E-state index in [1.165, 1.54) is 38.5 Å². The van der Waals surface area contributed by atoms with E-state index in [1.54, 1.807) is 0 Å². The first-order valence-corrected chi connectivity index (χ1v) is 17.4. The van der Waals surface area contributed by atoms with Gasteiger partial charge in [-0.05, 0) is 149 Å². The Kier molecular flexibility index (Phi) is 6.16. The van der Waals surface area contributed by atoms with Gasteiger partial charge >= 0.3 is 0 Å². The molecule has 226 valence electrons. The Bertz CT molecular complexity index is 1390. The SMILES string of the molecule is O=C(c1ccccc1)N(c1ccccc1N(C(=O)c1ccccc1)C12CC3CC(CC(C3)C1)C2)C12CC3CC(CC(C3)C1)C2. The Morgan fingerprint density at radius 2 is 0.705 bits per heavy atom. The van der Waals surface area contributed by atoms with Crippen LogP contribution in [0.1, 0.15) is 97.8 Å². The molecule has 0 aliphatic heterocycles. The van der Waals surface area contributed by atoms with Crippen LogP contribution in [0.3, 0.4) is 0 Å². The molecule has 11 rings (SSSR count). The van der Waals surface area contributed by atoms with Crippen LogP contribution in [-0.2, 0) is 0 Å². The van der Waals surface area contributed by atoms with Gasteiger partial charge in [-0.15, -0.1) is 0 Å². The van der Waals surface area contributed by atoms with Crippen molar-refractivity contribution in [3.63, 3.8) is 0 Å². The van der Waals surface area contributed by atoms with Crippen LogP contribution in [0.4, 0.5) is 11.4 Å². The van der Waals surface area contributed by atoms with E-state index in [2.05, 4.69) is 34.1 Å². The molecule has 0 unspecified atom stereocenters. The molecule has 0 radical (unpaired) electrons. The van der Waals surface area contributed by atoms with E-state index < -0.39 is 0 Å². The fraction of sp³-hybridized carbons (Fsp3) is 0.500. The third-order valence-electron chi connectivity index (χ3n) is 12.8. The molecule has 8 aliphatic carbocycles. The standard InChI is InChI=1S/C40H44N2O2/c43-37(33-9-3-1-4-10-33)41(39-21-27-15-28(22-39)17-29(16-27)23-39)35-13-7-8-14-36(35)42(38(44)34-11-5-2-6-12-34)40-24-30-18-31(25-40)20-32(19-30)26-40/h1-14,27-32H,15-26H2. The number of hydrogen-bond acceptors (Lipinski definition) is 2. The molecule has 8 fully saturated rings. The summed E-state index contributed by atoms with van der Waals surface area (Å²) in [4.78, 5) is 34.4. The van der Waals surface area contributed by atoms with Crippen molar-refractivity contribution in [1.82, 2.24) is 0 Å². The third kappa shape index (κ3) is 4.23. The lowest BCUT2D eigenvalue weighted by atomic mass is 9.52. The summed E-state index contributed by atoms with van der Waals surface area (Å²) in [5.74, 6) is 4.38. The van der Waals surface area contributed by atoms with Gasteiger partial charge in [0.15, 0.2) is 0 Å². The van der Waals surface area contributed by atoms with Crippen LogP contribution >= 0.6 is 0 Å². The topological polar surface area (TPSA) is 40.6 Å². The van der Waals surface area contributed by atoms with Gasteiger partial charge in [0.1, 0.15) is 0 Å². The average molecular weight is 585 g/mol. The molecule has 8 saturated carbocycles. The van der Waals surface area contributed by atoms with Gasteiger partial charge in [0.05, 0.1) is 11.4 Å². The molecule has 4 nitrogen and oxygen atoms in total. The van der Waals surface area contributed by atoms with Gasteiger partial charge in [-0.2, -0.15) is 0 Å². The van der Waals surface area contributed by atoms with Crippen molar-refractivity contribution in [2.45, 2.75) is 88.1 Å². The quantitative estimate of drug-likeness (QED) is 0.290. The molecule has 4 heteroatoms. The van der Waals surface area contributed by atoms with Gasteiger partial charge in [-0.1, -0.05) is 48.5 Å². The van der Waals surface area contributed by atoms with Crippen LogP contribution in [-0.4, -0.2) is 22.9 Å². The Hall–Kier alpha value is -3.40. The number of carbonyl (C=O) groups excluding carboxylic acids is 2. The Morgan fingerprint density at radius 3 is 1.00 bits per heavy atom. The summed E-state index contributed by atoms with van der Waals surface area (Å²) in [7, 11) is 0. The highest BCUT2D eigenvalue weighted by atomic mass is 16.2. The van der Waals surface area contributed by atoms with Crippen LogP contribution in [0.15, 0.2) is 84.9 Å². The minimum atomic E-state index is -0.194. The molecule has 3 aromatic rings. The Labute approximate surface area is 261 Å². The Balaban J connectivity index is 1.23. The summed E-state index contributed by atoms with van der Waals surface area (Å²) in [5.41, 5.74) is 3.00. The maximum absolute atomic E-state index is 14.9. The van der Waals surface area contributed by atoms with E-state index in [-0.39, 0.29) is 22.9 Å². The summed E-state index contributed by atoms with van der Waals surface area (Å²) in [6.45, 7) is 0. The number of para-hydroxylation sites is 2. The average Bonchev–Trinajstić information content (AvgIpc) is 3.01. The van der Waals surface area contributed by atoms with Gasteiger partial charge in [-0.3, -0.25) is 9.59 Å². The van der Waals surface area contributed by atoms with Gasteiger partial charge in [0, 0.05) is 22.2 Å². The number of carbonyl (C=O) groups is 2. The van der Waals surface area contributed by atoms with Crippen molar-refractivity contribution in [3.05, 3.63) is 96.1 Å². The van der Waals surface area contributed by atoms with E-state index in [0.29, 0.717) is 35.5 Å². The summed E-state index contributed by atoms with van der Waals surface area (Å²) in [6.07, 6.45) is 14.4. The van der Waals surface area contributed by atoms with E-state index in [1.807, 2.05) is 60.7 Å². The molecule has 0 N–H and O–H groups in total. The van der Waals surface area contributed by atoms with Crippen molar-refractivity contribution in [3.8, 4) is 0 Å². The molecule has 8 aliphatic rings. The molecule has 0 heterocycles. The molecular formula is C40H44N2O2. The summed E-state index contributed by atoms with van der Waals surface area (Å²) < 4.78 is 0. The molecule has 8 bridgehead atoms. The fourth-order valence-corrected chi connectivity index (χ4v) is 12.1. The van der Waals surface area contributed by atoms with Crippen molar-refractivity contribution >= 4 is 23.2 Å². The lowest BCUT2D eigenvalue weighted by Gasteiger charge is -2.62. The maximum Gasteiger partial charge on any atom is 0.258 e. The zero-order valence-electron chi connectivity index (χ0n) is 25.7. The van der Waals surface area contributed by atoms with Crippen LogP contribution in [0, 0.1) is 35.5 Å². The van der Waals surface area contributed by atoms with Crippen molar-refractivity contribution in [2.75, 3.05) is 9.80 Å². The third-order valence-corrected chi connectivity index (χ3v) is 12.8. The highest BCUT2D eigenvalue weighted by Crippen LogP contribution is 2.62. The predicted octanol–water partition coefficient (Wildman–Crippen LogP) is 8.92.